The Labute approximate surface area is 101 Å². The molecule has 3 nitrogen and oxygen atoms in total. The lowest BCUT2D eigenvalue weighted by molar-refractivity contribution is 0.00950. The summed E-state index contributed by atoms with van der Waals surface area (Å²) >= 11 is 5.85. The highest BCUT2D eigenvalue weighted by molar-refractivity contribution is 6.30. The van der Waals surface area contributed by atoms with Crippen LogP contribution in [0, 0.1) is 0 Å². The molecule has 0 amide bonds. The zero-order valence-corrected chi connectivity index (χ0v) is 9.86. The van der Waals surface area contributed by atoms with Gasteiger partial charge in [0.05, 0.1) is 12.7 Å². The van der Waals surface area contributed by atoms with E-state index >= 15 is 0 Å². The summed E-state index contributed by atoms with van der Waals surface area (Å²) in [6.45, 7) is 0.589. The van der Waals surface area contributed by atoms with Gasteiger partial charge in [-0.1, -0.05) is 23.7 Å². The molecule has 0 atom stereocenters. The van der Waals surface area contributed by atoms with E-state index in [-0.39, 0.29) is 19.3 Å². The van der Waals surface area contributed by atoms with Gasteiger partial charge in [0, 0.05) is 18.2 Å². The Hall–Kier alpha value is -0.610. The van der Waals surface area contributed by atoms with Crippen LogP contribution in [0.2, 0.25) is 5.02 Å². The molecule has 0 radical (unpaired) electrons. The number of ether oxygens (including phenoxy) is 1. The molecule has 0 heterocycles. The van der Waals surface area contributed by atoms with E-state index in [2.05, 4.69) is 0 Å². The molecule has 0 aliphatic heterocycles. The van der Waals surface area contributed by atoms with Crippen molar-refractivity contribution in [1.82, 2.24) is 0 Å². The van der Waals surface area contributed by atoms with Crippen LogP contribution in [-0.4, -0.2) is 29.5 Å². The van der Waals surface area contributed by atoms with Gasteiger partial charge in [0.15, 0.2) is 0 Å². The van der Waals surface area contributed by atoms with Gasteiger partial charge < -0.3 is 14.9 Å². The quantitative estimate of drug-likeness (QED) is 0.771. The number of aliphatic hydroxyl groups excluding tert-OH is 2. The van der Waals surface area contributed by atoms with Gasteiger partial charge in [0.1, 0.15) is 0 Å². The van der Waals surface area contributed by atoms with Gasteiger partial charge in [-0.25, -0.2) is 0 Å². The van der Waals surface area contributed by atoms with Crippen molar-refractivity contribution in [3.63, 3.8) is 0 Å². The van der Waals surface area contributed by atoms with Crippen LogP contribution in [0.4, 0.5) is 0 Å². The molecule has 0 aliphatic rings. The SMILES string of the molecule is OCCC(CCO)OCc1cccc(Cl)c1. The molecule has 0 spiro atoms. The van der Waals surface area contributed by atoms with Crippen LogP contribution in [0.1, 0.15) is 18.4 Å². The molecule has 1 aromatic rings. The van der Waals surface area contributed by atoms with Crippen molar-refractivity contribution in [2.45, 2.75) is 25.6 Å². The Morgan fingerprint density at radius 2 is 1.88 bits per heavy atom. The smallest absolute Gasteiger partial charge is 0.0721 e. The largest absolute Gasteiger partial charge is 0.396 e. The molecular formula is C12H17ClO3. The fourth-order valence-electron chi connectivity index (χ4n) is 1.44. The van der Waals surface area contributed by atoms with Crippen molar-refractivity contribution in [2.75, 3.05) is 13.2 Å². The van der Waals surface area contributed by atoms with E-state index in [0.29, 0.717) is 24.5 Å². The Morgan fingerprint density at radius 1 is 1.19 bits per heavy atom. The third-order valence-electron chi connectivity index (χ3n) is 2.28. The Bertz CT molecular complexity index is 298. The highest BCUT2D eigenvalue weighted by Crippen LogP contribution is 2.13. The van der Waals surface area contributed by atoms with E-state index in [4.69, 9.17) is 26.6 Å². The zero-order chi connectivity index (χ0) is 11.8. The Kier molecular flexibility index (Phi) is 6.42. The van der Waals surface area contributed by atoms with Crippen LogP contribution < -0.4 is 0 Å². The van der Waals surface area contributed by atoms with Gasteiger partial charge in [-0.05, 0) is 30.5 Å². The molecule has 0 aliphatic carbocycles. The second-order valence-electron chi connectivity index (χ2n) is 3.59. The maximum atomic E-state index is 8.82. The molecule has 16 heavy (non-hydrogen) atoms. The lowest BCUT2D eigenvalue weighted by Crippen LogP contribution is -2.16. The minimum atomic E-state index is -0.103. The lowest BCUT2D eigenvalue weighted by atomic mass is 10.2. The minimum absolute atomic E-state index is 0.0697. The first kappa shape index (κ1) is 13.5. The second kappa shape index (κ2) is 7.63. The molecule has 2 N–H and O–H groups in total. The molecular weight excluding hydrogens is 228 g/mol. The average molecular weight is 245 g/mol. The summed E-state index contributed by atoms with van der Waals surface area (Å²) in [6.07, 6.45) is 0.983. The van der Waals surface area contributed by atoms with Crippen molar-refractivity contribution in [2.24, 2.45) is 0 Å². The maximum Gasteiger partial charge on any atom is 0.0721 e. The predicted molar refractivity (Wildman–Crippen MR) is 63.4 cm³/mol. The highest BCUT2D eigenvalue weighted by Gasteiger charge is 2.08. The highest BCUT2D eigenvalue weighted by atomic mass is 35.5. The summed E-state index contributed by atoms with van der Waals surface area (Å²) in [6, 6.07) is 7.45. The van der Waals surface area contributed by atoms with Crippen LogP contribution in [0.5, 0.6) is 0 Å². The Morgan fingerprint density at radius 3 is 2.44 bits per heavy atom. The van der Waals surface area contributed by atoms with E-state index in [1.54, 1.807) is 0 Å². The number of halogens is 1. The van der Waals surface area contributed by atoms with E-state index in [9.17, 15) is 0 Å². The van der Waals surface area contributed by atoms with E-state index in [1.165, 1.54) is 0 Å². The first-order valence-corrected chi connectivity index (χ1v) is 5.72. The number of rotatable bonds is 7. The number of hydrogen-bond donors (Lipinski definition) is 2. The van der Waals surface area contributed by atoms with Crippen molar-refractivity contribution in [3.8, 4) is 0 Å². The van der Waals surface area contributed by atoms with Gasteiger partial charge in [-0.15, -0.1) is 0 Å². The van der Waals surface area contributed by atoms with Gasteiger partial charge in [-0.3, -0.25) is 0 Å². The molecule has 1 aromatic carbocycles. The number of benzene rings is 1. The third kappa shape index (κ3) is 4.94. The first-order chi connectivity index (χ1) is 7.76. The molecule has 0 saturated heterocycles. The summed E-state index contributed by atoms with van der Waals surface area (Å²) < 4.78 is 5.59. The van der Waals surface area contributed by atoms with Gasteiger partial charge >= 0.3 is 0 Å². The normalized spacial score (nSPS) is 11.0. The van der Waals surface area contributed by atoms with Crippen molar-refractivity contribution >= 4 is 11.6 Å². The second-order valence-corrected chi connectivity index (χ2v) is 4.02. The van der Waals surface area contributed by atoms with Crippen molar-refractivity contribution in [1.29, 1.82) is 0 Å². The van der Waals surface area contributed by atoms with E-state index in [1.807, 2.05) is 24.3 Å². The lowest BCUT2D eigenvalue weighted by Gasteiger charge is -2.15. The van der Waals surface area contributed by atoms with E-state index in [0.717, 1.165) is 5.56 Å². The molecule has 4 heteroatoms. The molecule has 0 saturated carbocycles. The van der Waals surface area contributed by atoms with Gasteiger partial charge in [-0.2, -0.15) is 0 Å². The summed E-state index contributed by atoms with van der Waals surface area (Å²) in [5, 5.41) is 18.3. The summed E-state index contributed by atoms with van der Waals surface area (Å²) in [7, 11) is 0. The fraction of sp³-hybridized carbons (Fsp3) is 0.500. The standard InChI is InChI=1S/C12H17ClO3/c13-11-3-1-2-10(8-11)9-16-12(4-6-14)5-7-15/h1-3,8,12,14-15H,4-7,9H2. The number of aliphatic hydroxyl groups is 2. The molecule has 1 rings (SSSR count). The number of hydrogen-bond acceptors (Lipinski definition) is 3. The average Bonchev–Trinajstić information content (AvgIpc) is 2.27. The van der Waals surface area contributed by atoms with Crippen LogP contribution in [-0.2, 0) is 11.3 Å². The van der Waals surface area contributed by atoms with Crippen LogP contribution in [0.25, 0.3) is 0 Å². The topological polar surface area (TPSA) is 49.7 Å². The van der Waals surface area contributed by atoms with E-state index < -0.39 is 0 Å². The fourth-order valence-corrected chi connectivity index (χ4v) is 1.65. The molecule has 0 aromatic heterocycles. The summed E-state index contributed by atoms with van der Waals surface area (Å²) in [5.41, 5.74) is 0.994. The van der Waals surface area contributed by atoms with Gasteiger partial charge in [0.25, 0.3) is 0 Å². The van der Waals surface area contributed by atoms with Crippen molar-refractivity contribution < 1.29 is 14.9 Å². The predicted octanol–water partition coefficient (Wildman–Crippen LogP) is 1.99. The Balaban J connectivity index is 2.41. The van der Waals surface area contributed by atoms with Crippen LogP contribution in [0.3, 0.4) is 0 Å². The van der Waals surface area contributed by atoms with Crippen LogP contribution >= 0.6 is 11.6 Å². The molecule has 0 fully saturated rings. The minimum Gasteiger partial charge on any atom is -0.396 e. The maximum absolute atomic E-state index is 8.82. The molecule has 0 bridgehead atoms. The third-order valence-corrected chi connectivity index (χ3v) is 2.51. The zero-order valence-electron chi connectivity index (χ0n) is 9.10. The van der Waals surface area contributed by atoms with Crippen molar-refractivity contribution in [3.05, 3.63) is 34.9 Å². The molecule has 0 unspecified atom stereocenters. The summed E-state index contributed by atoms with van der Waals surface area (Å²) in [4.78, 5) is 0. The van der Waals surface area contributed by atoms with Crippen LogP contribution in [0.15, 0.2) is 24.3 Å². The summed E-state index contributed by atoms with van der Waals surface area (Å²) in [5.74, 6) is 0. The van der Waals surface area contributed by atoms with Gasteiger partial charge in [0.2, 0.25) is 0 Å². The monoisotopic (exact) mass is 244 g/mol. The first-order valence-electron chi connectivity index (χ1n) is 5.34. The molecule has 90 valence electrons.